The molecular formula is C13H13BrClN5. The van der Waals surface area contributed by atoms with Crippen molar-refractivity contribution in [2.24, 2.45) is 0 Å². The molecule has 3 rings (SSSR count). The summed E-state index contributed by atoms with van der Waals surface area (Å²) in [5.74, 6) is 0.871. The van der Waals surface area contributed by atoms with E-state index in [1.165, 1.54) is 5.56 Å². The van der Waals surface area contributed by atoms with Gasteiger partial charge in [-0.2, -0.15) is 4.98 Å². The molecule has 2 N–H and O–H groups in total. The first-order chi connectivity index (χ1) is 9.29. The van der Waals surface area contributed by atoms with Gasteiger partial charge in [-0.15, -0.1) is 0 Å². The van der Waals surface area contributed by atoms with Crippen molar-refractivity contribution >= 4 is 32.9 Å². The van der Waals surface area contributed by atoms with Crippen molar-refractivity contribution in [1.82, 2.24) is 19.5 Å². The van der Waals surface area contributed by atoms with Crippen molar-refractivity contribution < 1.29 is 17.7 Å². The number of benzene rings is 1. The van der Waals surface area contributed by atoms with Gasteiger partial charge >= 0.3 is 0 Å². The summed E-state index contributed by atoms with van der Waals surface area (Å²) >= 11 is 3.56. The van der Waals surface area contributed by atoms with Gasteiger partial charge in [0.1, 0.15) is 6.33 Å². The molecule has 0 unspecified atom stereocenters. The number of nitrogens with zero attached hydrogens (tertiary/aromatic N) is 4. The quantitative estimate of drug-likeness (QED) is 0.621. The van der Waals surface area contributed by atoms with Gasteiger partial charge in [-0.05, 0) is 11.6 Å². The summed E-state index contributed by atoms with van der Waals surface area (Å²) in [5.41, 5.74) is 2.90. The molecule has 5 nitrogen and oxygen atoms in total. The summed E-state index contributed by atoms with van der Waals surface area (Å²) in [6, 6.07) is 8.16. The van der Waals surface area contributed by atoms with Gasteiger partial charge in [0.05, 0.1) is 19.9 Å². The third-order valence-electron chi connectivity index (χ3n) is 3.00. The van der Waals surface area contributed by atoms with E-state index in [0.717, 1.165) is 28.0 Å². The maximum absolute atomic E-state index is 4.41. The first kappa shape index (κ1) is 14.9. The number of hydrogen-bond acceptors (Lipinski definition) is 3. The average Bonchev–Trinajstić information content (AvgIpc) is 2.84. The van der Waals surface area contributed by atoms with Crippen LogP contribution in [0.3, 0.4) is 0 Å². The first-order valence-electron chi connectivity index (χ1n) is 5.98. The molecule has 0 aliphatic carbocycles. The van der Waals surface area contributed by atoms with Crippen LogP contribution in [0.25, 0.3) is 11.2 Å². The molecule has 7 heteroatoms. The first-order valence-corrected chi connectivity index (χ1v) is 6.77. The Kier molecular flexibility index (Phi) is 4.69. The number of fused-ring (bicyclic) bond motifs is 1. The molecule has 0 bridgehead atoms. The van der Waals surface area contributed by atoms with E-state index in [0.29, 0.717) is 0 Å². The van der Waals surface area contributed by atoms with Crippen molar-refractivity contribution in [1.29, 1.82) is 0 Å². The number of halogens is 2. The highest BCUT2D eigenvalue weighted by Crippen LogP contribution is 2.20. The van der Waals surface area contributed by atoms with Crippen LogP contribution in [0.1, 0.15) is 5.56 Å². The van der Waals surface area contributed by atoms with Crippen LogP contribution in [0.4, 0.5) is 5.82 Å². The van der Waals surface area contributed by atoms with Crippen LogP contribution in [0, 0.1) is 0 Å². The van der Waals surface area contributed by atoms with Gasteiger partial charge in [-0.3, -0.25) is 5.32 Å². The van der Waals surface area contributed by atoms with Crippen LogP contribution in [0.5, 0.6) is 0 Å². The number of imidazole rings is 1. The monoisotopic (exact) mass is 353 g/mol. The largest absolute Gasteiger partial charge is 1.00 e. The molecule has 20 heavy (non-hydrogen) atoms. The van der Waals surface area contributed by atoms with E-state index >= 15 is 0 Å². The smallest absolute Gasteiger partial charge is 0.255 e. The maximum Gasteiger partial charge on any atom is 0.255 e. The minimum absolute atomic E-state index is 0. The molecule has 0 radical (unpaired) electrons. The normalized spacial score (nSPS) is 10.5. The van der Waals surface area contributed by atoms with Crippen LogP contribution < -0.4 is 17.7 Å². The van der Waals surface area contributed by atoms with Crippen molar-refractivity contribution in [3.8, 4) is 0 Å². The zero-order valence-electron chi connectivity index (χ0n) is 10.8. The fourth-order valence-corrected chi connectivity index (χ4v) is 2.45. The Labute approximate surface area is 131 Å². The predicted octanol–water partition coefficient (Wildman–Crippen LogP) is -1.53. The van der Waals surface area contributed by atoms with Crippen LogP contribution in [-0.2, 0) is 6.54 Å². The Balaban J connectivity index is 0.00000147. The van der Waals surface area contributed by atoms with Gasteiger partial charge in [0, 0.05) is 4.47 Å². The number of aromatic nitrogens is 4. The lowest BCUT2D eigenvalue weighted by atomic mass is 10.2. The molecule has 2 heterocycles. The summed E-state index contributed by atoms with van der Waals surface area (Å²) in [5, 5.41) is 1.94. The Morgan fingerprint density at radius 2 is 2.00 bits per heavy atom. The van der Waals surface area contributed by atoms with Crippen molar-refractivity contribution in [2.75, 3.05) is 7.05 Å². The van der Waals surface area contributed by atoms with Crippen molar-refractivity contribution in [2.45, 2.75) is 6.54 Å². The Bertz CT molecular complexity index is 728. The highest BCUT2D eigenvalue weighted by Gasteiger charge is 2.12. The summed E-state index contributed by atoms with van der Waals surface area (Å²) in [7, 11) is 1.95. The number of rotatable bonds is 3. The highest BCUT2D eigenvalue weighted by atomic mass is 79.9. The van der Waals surface area contributed by atoms with Gasteiger partial charge in [-0.25, -0.2) is 9.97 Å². The fraction of sp³-hybridized carbons (Fsp3) is 0.154. The third-order valence-corrected chi connectivity index (χ3v) is 3.78. The number of nitrogens with two attached hydrogens (primary N) is 1. The fourth-order valence-electron chi connectivity index (χ4n) is 2.04. The second-order valence-corrected chi connectivity index (χ2v) is 5.04. The number of quaternary nitrogens is 1. The Morgan fingerprint density at radius 1 is 1.20 bits per heavy atom. The minimum Gasteiger partial charge on any atom is -1.00 e. The molecule has 0 saturated carbocycles. The third kappa shape index (κ3) is 2.67. The zero-order chi connectivity index (χ0) is 13.2. The summed E-state index contributed by atoms with van der Waals surface area (Å²) in [4.78, 5) is 12.9. The molecule has 2 aromatic heterocycles. The van der Waals surface area contributed by atoms with Gasteiger partial charge < -0.3 is 17.0 Å². The molecule has 0 aliphatic rings. The molecule has 0 fully saturated rings. The standard InChI is InChI=1S/C13H12BrN5.ClH/c1-15-12-11-13(17-7-16-12)19(8-18-11)6-9-4-2-3-5-10(9)14;/h2-5,7-8H,6H2,1H3,(H,15,16,17);1H. The topological polar surface area (TPSA) is 60.2 Å². The molecule has 1 aromatic carbocycles. The van der Waals surface area contributed by atoms with E-state index < -0.39 is 0 Å². The molecule has 0 atom stereocenters. The van der Waals surface area contributed by atoms with Crippen LogP contribution >= 0.6 is 15.9 Å². The molecule has 0 amide bonds. The lowest BCUT2D eigenvalue weighted by Crippen LogP contribution is -3.00. The van der Waals surface area contributed by atoms with Crippen LogP contribution in [-0.4, -0.2) is 26.6 Å². The lowest BCUT2D eigenvalue weighted by molar-refractivity contribution is -0.541. The SMILES string of the molecule is C[NH2+]c1ncnc2c1ncn2Cc1ccccc1Br.[Cl-]. The van der Waals surface area contributed by atoms with E-state index in [2.05, 4.69) is 36.9 Å². The minimum atomic E-state index is 0. The summed E-state index contributed by atoms with van der Waals surface area (Å²) in [6.45, 7) is 0.734. The Hall–Kier alpha value is -1.50. The lowest BCUT2D eigenvalue weighted by Gasteiger charge is -2.05. The van der Waals surface area contributed by atoms with E-state index in [9.17, 15) is 0 Å². The van der Waals surface area contributed by atoms with Gasteiger partial charge in [0.25, 0.3) is 5.82 Å². The van der Waals surface area contributed by atoms with Gasteiger partial charge in [-0.1, -0.05) is 34.1 Å². The summed E-state index contributed by atoms with van der Waals surface area (Å²) in [6.07, 6.45) is 3.39. The second-order valence-electron chi connectivity index (χ2n) is 4.18. The van der Waals surface area contributed by atoms with E-state index in [4.69, 9.17) is 0 Å². The van der Waals surface area contributed by atoms with Crippen LogP contribution in [0.15, 0.2) is 41.4 Å². The predicted molar refractivity (Wildman–Crippen MR) is 76.1 cm³/mol. The maximum atomic E-state index is 4.41. The zero-order valence-corrected chi connectivity index (χ0v) is 13.1. The van der Waals surface area contributed by atoms with E-state index in [-0.39, 0.29) is 12.4 Å². The molecule has 0 spiro atoms. The Morgan fingerprint density at radius 3 is 2.75 bits per heavy atom. The van der Waals surface area contributed by atoms with Crippen molar-refractivity contribution in [3.63, 3.8) is 0 Å². The second kappa shape index (κ2) is 6.30. The summed E-state index contributed by atoms with van der Waals surface area (Å²) < 4.78 is 3.12. The van der Waals surface area contributed by atoms with Crippen LogP contribution in [0.2, 0.25) is 0 Å². The van der Waals surface area contributed by atoms with E-state index in [1.54, 1.807) is 6.33 Å². The van der Waals surface area contributed by atoms with Crippen molar-refractivity contribution in [3.05, 3.63) is 47.0 Å². The van der Waals surface area contributed by atoms with Gasteiger partial charge in [0.15, 0.2) is 11.2 Å². The van der Waals surface area contributed by atoms with Gasteiger partial charge in [0.2, 0.25) is 0 Å². The average molecular weight is 355 g/mol. The molecule has 104 valence electrons. The highest BCUT2D eigenvalue weighted by molar-refractivity contribution is 9.10. The molecule has 3 aromatic rings. The molecule has 0 saturated heterocycles. The molecule has 0 aliphatic heterocycles. The van der Waals surface area contributed by atoms with E-state index in [1.807, 2.05) is 41.5 Å². The number of hydrogen-bond donors (Lipinski definition) is 1. The molecular weight excluding hydrogens is 342 g/mol.